The molecule has 1 amide bonds. The molecule has 0 aliphatic carbocycles. The average Bonchev–Trinajstić information content (AvgIpc) is 3.04. The van der Waals surface area contributed by atoms with E-state index in [1.165, 1.54) is 6.39 Å². The van der Waals surface area contributed by atoms with E-state index in [2.05, 4.69) is 4.98 Å². The molecule has 0 unspecified atom stereocenters. The van der Waals surface area contributed by atoms with E-state index in [9.17, 15) is 4.79 Å². The zero-order valence-corrected chi connectivity index (χ0v) is 13.8. The van der Waals surface area contributed by atoms with Crippen LogP contribution < -0.4 is 5.73 Å². The Labute approximate surface area is 140 Å². The number of piperidine rings is 1. The lowest BCUT2D eigenvalue weighted by atomic mass is 9.92. The van der Waals surface area contributed by atoms with E-state index in [0.717, 1.165) is 19.4 Å². The number of nitrogens with zero attached hydrogens (tertiary/aromatic N) is 2. The van der Waals surface area contributed by atoms with Gasteiger partial charge in [-0.15, -0.1) is 0 Å². The molecule has 1 aliphatic rings. The minimum absolute atomic E-state index is 0.0750. The summed E-state index contributed by atoms with van der Waals surface area (Å²) in [6.07, 6.45) is 3.30. The molecule has 2 atom stereocenters. The zero-order chi connectivity index (χ0) is 16.4. The van der Waals surface area contributed by atoms with Gasteiger partial charge in [-0.2, -0.15) is 0 Å². The highest BCUT2D eigenvalue weighted by Gasteiger charge is 2.30. The molecule has 2 aromatic rings. The van der Waals surface area contributed by atoms with Crippen LogP contribution in [-0.2, 0) is 0 Å². The van der Waals surface area contributed by atoms with Gasteiger partial charge in [-0.05, 0) is 37.8 Å². The van der Waals surface area contributed by atoms with Crippen LogP contribution in [0.2, 0.25) is 5.02 Å². The smallest absolute Gasteiger partial charge is 0.276 e. The summed E-state index contributed by atoms with van der Waals surface area (Å²) in [5, 5.41) is 0.533. The number of aromatic nitrogens is 1. The van der Waals surface area contributed by atoms with Crippen molar-refractivity contribution in [2.45, 2.75) is 25.8 Å². The van der Waals surface area contributed by atoms with Crippen molar-refractivity contribution < 1.29 is 9.21 Å². The monoisotopic (exact) mass is 333 g/mol. The third kappa shape index (κ3) is 3.26. The lowest BCUT2D eigenvalue weighted by Crippen LogP contribution is -2.45. The predicted molar refractivity (Wildman–Crippen MR) is 89.2 cm³/mol. The van der Waals surface area contributed by atoms with Gasteiger partial charge in [-0.25, -0.2) is 4.98 Å². The summed E-state index contributed by atoms with van der Waals surface area (Å²) in [4.78, 5) is 18.8. The first-order valence-corrected chi connectivity index (χ1v) is 8.19. The molecule has 1 aromatic heterocycles. The van der Waals surface area contributed by atoms with Crippen LogP contribution in [0.4, 0.5) is 0 Å². The average molecular weight is 334 g/mol. The van der Waals surface area contributed by atoms with Crippen LogP contribution in [0.1, 0.15) is 30.3 Å². The van der Waals surface area contributed by atoms with Crippen molar-refractivity contribution in [1.82, 2.24) is 9.88 Å². The molecule has 1 fully saturated rings. The summed E-state index contributed by atoms with van der Waals surface area (Å²) < 4.78 is 5.45. The van der Waals surface area contributed by atoms with Crippen molar-refractivity contribution in [3.63, 3.8) is 0 Å². The second-order valence-electron chi connectivity index (χ2n) is 6.02. The van der Waals surface area contributed by atoms with Crippen LogP contribution >= 0.6 is 11.6 Å². The van der Waals surface area contributed by atoms with Gasteiger partial charge in [0.1, 0.15) is 0 Å². The standard InChI is InChI=1S/C17H20ClN3O2/c1-11(19)12-5-4-8-21(9-12)17(22)15-16(23-10-20-15)13-6-2-3-7-14(13)18/h2-3,6-7,10-12H,4-5,8-9,19H2,1H3/t11-,12-/m0/s1. The maximum atomic E-state index is 12.9. The molecule has 2 N–H and O–H groups in total. The number of carbonyl (C=O) groups is 1. The minimum atomic E-state index is -0.126. The summed E-state index contributed by atoms with van der Waals surface area (Å²) in [7, 11) is 0. The summed E-state index contributed by atoms with van der Waals surface area (Å²) >= 11 is 6.21. The molecule has 122 valence electrons. The number of amides is 1. The molecule has 6 heteroatoms. The molecule has 23 heavy (non-hydrogen) atoms. The molecule has 1 saturated heterocycles. The molecule has 0 radical (unpaired) electrons. The number of likely N-dealkylation sites (tertiary alicyclic amines) is 1. The van der Waals surface area contributed by atoms with E-state index in [1.54, 1.807) is 6.07 Å². The van der Waals surface area contributed by atoms with Crippen LogP contribution in [0.5, 0.6) is 0 Å². The second-order valence-corrected chi connectivity index (χ2v) is 6.43. The summed E-state index contributed by atoms with van der Waals surface area (Å²) in [6.45, 7) is 3.37. The highest BCUT2D eigenvalue weighted by atomic mass is 35.5. The number of rotatable bonds is 3. The highest BCUT2D eigenvalue weighted by molar-refractivity contribution is 6.33. The molecule has 1 aliphatic heterocycles. The third-order valence-electron chi connectivity index (χ3n) is 4.38. The van der Waals surface area contributed by atoms with Crippen molar-refractivity contribution in [2.24, 2.45) is 11.7 Å². The first-order chi connectivity index (χ1) is 11.1. The van der Waals surface area contributed by atoms with E-state index in [1.807, 2.05) is 30.0 Å². The topological polar surface area (TPSA) is 72.4 Å². The Morgan fingerprint density at radius 3 is 3.00 bits per heavy atom. The van der Waals surface area contributed by atoms with E-state index in [4.69, 9.17) is 21.8 Å². The maximum Gasteiger partial charge on any atom is 0.276 e. The van der Waals surface area contributed by atoms with Crippen molar-refractivity contribution >= 4 is 17.5 Å². The molecule has 1 aromatic carbocycles. The summed E-state index contributed by atoms with van der Waals surface area (Å²) in [6, 6.07) is 7.35. The minimum Gasteiger partial charge on any atom is -0.443 e. The van der Waals surface area contributed by atoms with Gasteiger partial charge in [0, 0.05) is 24.7 Å². The number of carbonyl (C=O) groups excluding carboxylic acids is 1. The van der Waals surface area contributed by atoms with Crippen LogP contribution in [0, 0.1) is 5.92 Å². The molecule has 0 spiro atoms. The fourth-order valence-electron chi connectivity index (χ4n) is 3.01. The van der Waals surface area contributed by atoms with Crippen LogP contribution in [-0.4, -0.2) is 34.9 Å². The molecular weight excluding hydrogens is 314 g/mol. The number of halogens is 1. The maximum absolute atomic E-state index is 12.9. The Morgan fingerprint density at radius 1 is 1.48 bits per heavy atom. The molecule has 3 rings (SSSR count). The van der Waals surface area contributed by atoms with Crippen LogP contribution in [0.3, 0.4) is 0 Å². The lowest BCUT2D eigenvalue weighted by molar-refractivity contribution is 0.0656. The molecule has 0 bridgehead atoms. The van der Waals surface area contributed by atoms with Gasteiger partial charge in [-0.1, -0.05) is 23.7 Å². The van der Waals surface area contributed by atoms with E-state index >= 15 is 0 Å². The van der Waals surface area contributed by atoms with Crippen molar-refractivity contribution in [1.29, 1.82) is 0 Å². The van der Waals surface area contributed by atoms with Crippen molar-refractivity contribution in [3.05, 3.63) is 41.4 Å². The first kappa shape index (κ1) is 16.0. The molecule has 0 saturated carbocycles. The van der Waals surface area contributed by atoms with Gasteiger partial charge in [0.15, 0.2) is 17.8 Å². The van der Waals surface area contributed by atoms with Gasteiger partial charge in [0.2, 0.25) is 0 Å². The Kier molecular flexibility index (Phi) is 4.68. The highest BCUT2D eigenvalue weighted by Crippen LogP contribution is 2.31. The Balaban J connectivity index is 1.87. The first-order valence-electron chi connectivity index (χ1n) is 7.81. The van der Waals surface area contributed by atoms with Gasteiger partial charge in [-0.3, -0.25) is 4.79 Å². The zero-order valence-electron chi connectivity index (χ0n) is 13.0. The van der Waals surface area contributed by atoms with E-state index < -0.39 is 0 Å². The van der Waals surface area contributed by atoms with Gasteiger partial charge >= 0.3 is 0 Å². The fraction of sp³-hybridized carbons (Fsp3) is 0.412. The Hall–Kier alpha value is -1.85. The SMILES string of the molecule is C[C@H](N)[C@H]1CCCN(C(=O)c2ncoc2-c2ccccc2Cl)C1. The Morgan fingerprint density at radius 2 is 2.26 bits per heavy atom. The number of nitrogens with two attached hydrogens (primary N) is 1. The second kappa shape index (κ2) is 6.72. The Bertz CT molecular complexity index is 699. The van der Waals surface area contributed by atoms with Crippen molar-refractivity contribution in [3.8, 4) is 11.3 Å². The predicted octanol–water partition coefficient (Wildman–Crippen LogP) is 3.19. The third-order valence-corrected chi connectivity index (χ3v) is 4.71. The number of hydrogen-bond donors (Lipinski definition) is 1. The lowest BCUT2D eigenvalue weighted by Gasteiger charge is -2.34. The molecular formula is C17H20ClN3O2. The van der Waals surface area contributed by atoms with Crippen LogP contribution in [0.15, 0.2) is 35.1 Å². The van der Waals surface area contributed by atoms with Gasteiger partial charge < -0.3 is 15.1 Å². The van der Waals surface area contributed by atoms with E-state index in [-0.39, 0.29) is 11.9 Å². The normalized spacial score (nSPS) is 19.6. The summed E-state index contributed by atoms with van der Waals surface area (Å²) in [5.41, 5.74) is 6.98. The fourth-order valence-corrected chi connectivity index (χ4v) is 3.23. The molecule has 5 nitrogen and oxygen atoms in total. The van der Waals surface area contributed by atoms with E-state index in [0.29, 0.717) is 34.5 Å². The quantitative estimate of drug-likeness (QED) is 0.936. The van der Waals surface area contributed by atoms with Gasteiger partial charge in [0.05, 0.1) is 5.02 Å². The van der Waals surface area contributed by atoms with Gasteiger partial charge in [0.25, 0.3) is 5.91 Å². The number of hydrogen-bond acceptors (Lipinski definition) is 4. The van der Waals surface area contributed by atoms with Crippen LogP contribution in [0.25, 0.3) is 11.3 Å². The van der Waals surface area contributed by atoms with Crippen molar-refractivity contribution in [2.75, 3.05) is 13.1 Å². The number of oxazole rings is 1. The largest absolute Gasteiger partial charge is 0.443 e. The number of benzene rings is 1. The summed E-state index contributed by atoms with van der Waals surface area (Å²) in [5.74, 6) is 0.617. The molecule has 2 heterocycles.